The Bertz CT molecular complexity index is 382. The molecular formula is C9H7F5O3. The molecule has 0 aliphatic heterocycles. The van der Waals surface area contributed by atoms with Crippen LogP contribution in [0, 0.1) is 0 Å². The van der Waals surface area contributed by atoms with Crippen molar-refractivity contribution in [1.29, 1.82) is 0 Å². The number of carbonyl (C=O) groups excluding carboxylic acids is 1. The molecule has 0 aliphatic carbocycles. The highest BCUT2D eigenvalue weighted by Gasteiger charge is 2.57. The van der Waals surface area contributed by atoms with E-state index in [0.29, 0.717) is 6.29 Å². The molecule has 0 N–H and O–H groups in total. The van der Waals surface area contributed by atoms with Crippen molar-refractivity contribution in [2.75, 3.05) is 6.61 Å². The van der Waals surface area contributed by atoms with Gasteiger partial charge in [0.1, 0.15) is 19.0 Å². The maximum Gasteiger partial charge on any atom is 0.455 e. The van der Waals surface area contributed by atoms with Gasteiger partial charge in [0.05, 0.1) is 0 Å². The number of halogens is 5. The number of carbonyl (C=O) groups is 1. The second-order valence-corrected chi connectivity index (χ2v) is 3.12. The summed E-state index contributed by atoms with van der Waals surface area (Å²) in [5, 5.41) is 0. The van der Waals surface area contributed by atoms with Crippen LogP contribution in [0.2, 0.25) is 0 Å². The zero-order chi connectivity index (χ0) is 13.1. The molecule has 0 amide bonds. The minimum atomic E-state index is -5.65. The second-order valence-electron chi connectivity index (χ2n) is 3.12. The topological polar surface area (TPSA) is 39.4 Å². The molecule has 0 aliphatic rings. The van der Waals surface area contributed by atoms with Gasteiger partial charge in [0.25, 0.3) is 0 Å². The lowest BCUT2D eigenvalue weighted by Gasteiger charge is -2.18. The zero-order valence-corrected chi connectivity index (χ0v) is 8.26. The quantitative estimate of drug-likeness (QED) is 0.602. The van der Waals surface area contributed by atoms with E-state index in [-0.39, 0.29) is 11.5 Å². The largest absolute Gasteiger partial charge is 0.456 e. The molecule has 0 saturated carbocycles. The van der Waals surface area contributed by atoms with E-state index in [1.807, 2.05) is 0 Å². The average Bonchev–Trinajstić information content (AvgIpc) is 2.63. The monoisotopic (exact) mass is 258 g/mol. The van der Waals surface area contributed by atoms with Gasteiger partial charge in [-0.15, -0.1) is 0 Å². The van der Waals surface area contributed by atoms with Crippen molar-refractivity contribution >= 4 is 6.29 Å². The van der Waals surface area contributed by atoms with Crippen LogP contribution in [0.15, 0.2) is 16.5 Å². The van der Waals surface area contributed by atoms with Crippen LogP contribution in [0.1, 0.15) is 16.3 Å². The third-order valence-electron chi connectivity index (χ3n) is 1.74. The summed E-state index contributed by atoms with van der Waals surface area (Å²) in [6.45, 7) is -2.37. The minimum absolute atomic E-state index is 0.00919. The molecule has 96 valence electrons. The summed E-state index contributed by atoms with van der Waals surface area (Å²) >= 11 is 0. The third kappa shape index (κ3) is 3.52. The van der Waals surface area contributed by atoms with Gasteiger partial charge in [0.15, 0.2) is 12.0 Å². The summed E-state index contributed by atoms with van der Waals surface area (Å²) < 4.78 is 68.8. The number of alkyl halides is 5. The Labute approximate surface area is 92.2 Å². The van der Waals surface area contributed by atoms with Gasteiger partial charge in [-0.2, -0.15) is 22.0 Å². The van der Waals surface area contributed by atoms with Crippen LogP contribution in [0.3, 0.4) is 0 Å². The number of rotatable bonds is 5. The SMILES string of the molecule is O=Cc1ccc(COCC(F)(F)C(F)(F)F)o1. The molecule has 1 rings (SSSR count). The van der Waals surface area contributed by atoms with E-state index in [1.54, 1.807) is 0 Å². The van der Waals surface area contributed by atoms with E-state index in [9.17, 15) is 26.7 Å². The first-order chi connectivity index (χ1) is 7.76. The molecule has 1 aromatic rings. The predicted octanol–water partition coefficient (Wildman–Crippen LogP) is 2.81. The van der Waals surface area contributed by atoms with Crippen LogP contribution in [0.25, 0.3) is 0 Å². The fraction of sp³-hybridized carbons (Fsp3) is 0.444. The molecule has 3 nitrogen and oxygen atoms in total. The normalized spacial score (nSPS) is 12.8. The van der Waals surface area contributed by atoms with Crippen molar-refractivity contribution < 1.29 is 35.9 Å². The molecule has 1 heterocycles. The van der Waals surface area contributed by atoms with Gasteiger partial charge in [0.2, 0.25) is 0 Å². The van der Waals surface area contributed by atoms with Gasteiger partial charge >= 0.3 is 12.1 Å². The van der Waals surface area contributed by atoms with Crippen molar-refractivity contribution in [1.82, 2.24) is 0 Å². The molecule has 17 heavy (non-hydrogen) atoms. The van der Waals surface area contributed by atoms with Gasteiger partial charge in [-0.3, -0.25) is 4.79 Å². The molecule has 0 bridgehead atoms. The number of aldehydes is 1. The van der Waals surface area contributed by atoms with Crippen molar-refractivity contribution in [3.8, 4) is 0 Å². The molecule has 0 unspecified atom stereocenters. The zero-order valence-electron chi connectivity index (χ0n) is 8.26. The predicted molar refractivity (Wildman–Crippen MR) is 44.8 cm³/mol. The minimum Gasteiger partial charge on any atom is -0.456 e. The summed E-state index contributed by atoms with van der Waals surface area (Å²) in [5.74, 6) is -4.98. The smallest absolute Gasteiger partial charge is 0.455 e. The molecule has 0 spiro atoms. The molecule has 0 fully saturated rings. The van der Waals surface area contributed by atoms with Crippen LogP contribution < -0.4 is 0 Å². The lowest BCUT2D eigenvalue weighted by atomic mass is 10.3. The second kappa shape index (κ2) is 4.82. The van der Waals surface area contributed by atoms with Gasteiger partial charge in [0, 0.05) is 0 Å². The number of ether oxygens (including phenoxy) is 1. The number of hydrogen-bond donors (Lipinski definition) is 0. The van der Waals surface area contributed by atoms with Crippen LogP contribution in [-0.4, -0.2) is 25.0 Å². The van der Waals surface area contributed by atoms with E-state index in [1.165, 1.54) is 12.1 Å². The van der Waals surface area contributed by atoms with Crippen molar-refractivity contribution in [3.05, 3.63) is 23.7 Å². The summed E-state index contributed by atoms with van der Waals surface area (Å²) in [4.78, 5) is 10.2. The lowest BCUT2D eigenvalue weighted by Crippen LogP contribution is -2.40. The highest BCUT2D eigenvalue weighted by molar-refractivity contribution is 5.70. The highest BCUT2D eigenvalue weighted by Crippen LogP contribution is 2.35. The van der Waals surface area contributed by atoms with E-state index < -0.39 is 25.3 Å². The molecule has 8 heteroatoms. The van der Waals surface area contributed by atoms with E-state index in [0.717, 1.165) is 0 Å². The number of furan rings is 1. The van der Waals surface area contributed by atoms with Gasteiger partial charge < -0.3 is 9.15 Å². The molecule has 0 aromatic carbocycles. The number of hydrogen-bond acceptors (Lipinski definition) is 3. The summed E-state index contributed by atoms with van der Waals surface area (Å²) in [6.07, 6.45) is -5.28. The fourth-order valence-corrected chi connectivity index (χ4v) is 0.897. The van der Waals surface area contributed by atoms with Gasteiger partial charge in [-0.1, -0.05) is 0 Å². The standard InChI is InChI=1S/C9H7F5O3/c10-8(11,9(12,13)14)5-16-4-7-2-1-6(3-15)17-7/h1-3H,4-5H2. The van der Waals surface area contributed by atoms with Crippen molar-refractivity contribution in [2.45, 2.75) is 18.7 Å². The van der Waals surface area contributed by atoms with E-state index in [4.69, 9.17) is 4.42 Å². The van der Waals surface area contributed by atoms with Crippen LogP contribution in [-0.2, 0) is 11.3 Å². The summed E-state index contributed by atoms with van der Waals surface area (Å²) in [7, 11) is 0. The molecule has 0 atom stereocenters. The van der Waals surface area contributed by atoms with Crippen LogP contribution in [0.4, 0.5) is 22.0 Å². The van der Waals surface area contributed by atoms with Gasteiger partial charge in [-0.05, 0) is 12.1 Å². The van der Waals surface area contributed by atoms with Crippen molar-refractivity contribution in [2.24, 2.45) is 0 Å². The Kier molecular flexibility index (Phi) is 3.87. The lowest BCUT2D eigenvalue weighted by molar-refractivity contribution is -0.297. The molecule has 1 aromatic heterocycles. The van der Waals surface area contributed by atoms with Crippen molar-refractivity contribution in [3.63, 3.8) is 0 Å². The summed E-state index contributed by atoms with van der Waals surface area (Å²) in [6, 6.07) is 2.49. The maximum atomic E-state index is 12.4. The Morgan fingerprint density at radius 2 is 1.88 bits per heavy atom. The first-order valence-corrected chi connectivity index (χ1v) is 4.32. The molecular weight excluding hydrogens is 251 g/mol. The average molecular weight is 258 g/mol. The Hall–Kier alpha value is -1.44. The highest BCUT2D eigenvalue weighted by atomic mass is 19.4. The van der Waals surface area contributed by atoms with E-state index >= 15 is 0 Å². The molecule has 0 saturated heterocycles. The van der Waals surface area contributed by atoms with Crippen LogP contribution >= 0.6 is 0 Å². The Morgan fingerprint density at radius 1 is 1.24 bits per heavy atom. The third-order valence-corrected chi connectivity index (χ3v) is 1.74. The first kappa shape index (κ1) is 13.6. The van der Waals surface area contributed by atoms with Crippen LogP contribution in [0.5, 0.6) is 0 Å². The Morgan fingerprint density at radius 3 is 2.35 bits per heavy atom. The van der Waals surface area contributed by atoms with E-state index in [2.05, 4.69) is 4.74 Å². The fourth-order valence-electron chi connectivity index (χ4n) is 0.897. The summed E-state index contributed by atoms with van der Waals surface area (Å²) in [5.41, 5.74) is 0. The first-order valence-electron chi connectivity index (χ1n) is 4.32. The Balaban J connectivity index is 2.45. The maximum absolute atomic E-state index is 12.4. The van der Waals surface area contributed by atoms with Gasteiger partial charge in [-0.25, -0.2) is 0 Å². The molecule has 0 radical (unpaired) electrons.